The van der Waals surface area contributed by atoms with E-state index >= 15 is 0 Å². The van der Waals surface area contributed by atoms with Crippen LogP contribution in [0.3, 0.4) is 0 Å². The number of halogens is 2. The summed E-state index contributed by atoms with van der Waals surface area (Å²) in [6, 6.07) is 9.57. The van der Waals surface area contributed by atoms with Crippen molar-refractivity contribution in [2.45, 2.75) is 37.1 Å². The first-order valence-electron chi connectivity index (χ1n) is 9.15. The van der Waals surface area contributed by atoms with Gasteiger partial charge in [-0.3, -0.25) is 4.79 Å². The van der Waals surface area contributed by atoms with Gasteiger partial charge in [-0.2, -0.15) is 4.31 Å². The van der Waals surface area contributed by atoms with Crippen LogP contribution >= 0.6 is 11.6 Å². The Morgan fingerprint density at radius 3 is 2.39 bits per heavy atom. The molecule has 1 aliphatic rings. The molecule has 0 aromatic heterocycles. The summed E-state index contributed by atoms with van der Waals surface area (Å²) in [5.41, 5.74) is 0.816. The Morgan fingerprint density at radius 2 is 1.75 bits per heavy atom. The molecule has 1 atom stereocenters. The minimum Gasteiger partial charge on any atom is -0.345 e. The van der Waals surface area contributed by atoms with Gasteiger partial charge in [-0.15, -0.1) is 0 Å². The maximum atomic E-state index is 13.1. The molecule has 0 saturated carbocycles. The lowest BCUT2D eigenvalue weighted by molar-refractivity contribution is 0.0940. The lowest BCUT2D eigenvalue weighted by Crippen LogP contribution is -2.35. The van der Waals surface area contributed by atoms with Gasteiger partial charge in [0.15, 0.2) is 0 Å². The van der Waals surface area contributed by atoms with E-state index in [9.17, 15) is 17.6 Å². The van der Waals surface area contributed by atoms with E-state index in [-0.39, 0.29) is 21.3 Å². The van der Waals surface area contributed by atoms with Crippen molar-refractivity contribution in [3.8, 4) is 0 Å². The zero-order valence-corrected chi connectivity index (χ0v) is 17.1. The van der Waals surface area contributed by atoms with Crippen LogP contribution in [-0.2, 0) is 10.0 Å². The molecular formula is C20H22ClFN2O3S. The van der Waals surface area contributed by atoms with Crippen LogP contribution < -0.4 is 5.32 Å². The van der Waals surface area contributed by atoms with Crippen molar-refractivity contribution < 1.29 is 17.6 Å². The summed E-state index contributed by atoms with van der Waals surface area (Å²) in [5.74, 6) is -0.849. The first-order chi connectivity index (χ1) is 13.3. The molecule has 28 heavy (non-hydrogen) atoms. The molecule has 150 valence electrons. The average molecular weight is 425 g/mol. The van der Waals surface area contributed by atoms with Gasteiger partial charge in [0.25, 0.3) is 5.91 Å². The van der Waals surface area contributed by atoms with Crippen molar-refractivity contribution in [3.63, 3.8) is 0 Å². The molecule has 0 spiro atoms. The van der Waals surface area contributed by atoms with Crippen molar-refractivity contribution in [2.24, 2.45) is 0 Å². The fourth-order valence-corrected chi connectivity index (χ4v) is 4.95. The molecular weight excluding hydrogens is 403 g/mol. The van der Waals surface area contributed by atoms with E-state index in [1.54, 1.807) is 19.1 Å². The number of nitrogens with zero attached hydrogens (tertiary/aromatic N) is 1. The molecule has 1 heterocycles. The van der Waals surface area contributed by atoms with Gasteiger partial charge in [0.1, 0.15) is 5.82 Å². The lowest BCUT2D eigenvalue weighted by atomic mass is 10.1. The maximum absolute atomic E-state index is 13.1. The number of sulfonamides is 1. The van der Waals surface area contributed by atoms with Gasteiger partial charge < -0.3 is 5.32 Å². The van der Waals surface area contributed by atoms with Crippen molar-refractivity contribution in [1.82, 2.24) is 9.62 Å². The summed E-state index contributed by atoms with van der Waals surface area (Å²) in [4.78, 5) is 12.7. The van der Waals surface area contributed by atoms with E-state index < -0.39 is 22.0 Å². The molecule has 0 radical (unpaired) electrons. The predicted octanol–water partition coefficient (Wildman–Crippen LogP) is 4.14. The van der Waals surface area contributed by atoms with Crippen LogP contribution in [0.5, 0.6) is 0 Å². The number of piperidine rings is 1. The molecule has 0 unspecified atom stereocenters. The van der Waals surface area contributed by atoms with Gasteiger partial charge in [0, 0.05) is 13.1 Å². The third-order valence-electron chi connectivity index (χ3n) is 4.85. The average Bonchev–Trinajstić information content (AvgIpc) is 2.69. The van der Waals surface area contributed by atoms with Gasteiger partial charge in [0.05, 0.1) is 21.5 Å². The fourth-order valence-electron chi connectivity index (χ4n) is 3.20. The smallest absolute Gasteiger partial charge is 0.253 e. The summed E-state index contributed by atoms with van der Waals surface area (Å²) in [6.07, 6.45) is 2.67. The van der Waals surface area contributed by atoms with Crippen LogP contribution in [0.2, 0.25) is 5.02 Å². The standard InChI is InChI=1S/C20H22ClFN2O3S/c1-14(15-5-7-16(22)8-6-15)23-20(25)18-13-17(9-10-19(18)21)28(26,27)24-11-3-2-4-12-24/h5-10,13-14H,2-4,11-12H2,1H3,(H,23,25)/t14-/m1/s1. The van der Waals surface area contributed by atoms with E-state index in [0.717, 1.165) is 24.8 Å². The zero-order chi connectivity index (χ0) is 20.3. The topological polar surface area (TPSA) is 66.5 Å². The minimum atomic E-state index is -3.67. The number of nitrogens with one attached hydrogen (secondary N) is 1. The highest BCUT2D eigenvalue weighted by molar-refractivity contribution is 7.89. The third kappa shape index (κ3) is 4.54. The zero-order valence-electron chi connectivity index (χ0n) is 15.5. The second-order valence-electron chi connectivity index (χ2n) is 6.85. The Hall–Kier alpha value is -1.96. The van der Waals surface area contributed by atoms with Crippen molar-refractivity contribution in [3.05, 3.63) is 64.4 Å². The minimum absolute atomic E-state index is 0.0541. The highest BCUT2D eigenvalue weighted by Crippen LogP contribution is 2.25. The Labute approximate surface area is 169 Å². The first-order valence-corrected chi connectivity index (χ1v) is 11.0. The molecule has 5 nitrogen and oxygen atoms in total. The van der Waals surface area contributed by atoms with Gasteiger partial charge >= 0.3 is 0 Å². The van der Waals surface area contributed by atoms with Gasteiger partial charge in [-0.05, 0) is 55.7 Å². The monoisotopic (exact) mass is 424 g/mol. The summed E-state index contributed by atoms with van der Waals surface area (Å²) in [6.45, 7) is 2.72. The number of carbonyl (C=O) groups is 1. The SMILES string of the molecule is C[C@@H](NC(=O)c1cc(S(=O)(=O)N2CCCCC2)ccc1Cl)c1ccc(F)cc1. The Balaban J connectivity index is 1.82. The molecule has 1 saturated heterocycles. The van der Waals surface area contributed by atoms with E-state index in [1.807, 2.05) is 0 Å². The van der Waals surface area contributed by atoms with Crippen molar-refractivity contribution >= 4 is 27.5 Å². The number of amides is 1. The summed E-state index contributed by atoms with van der Waals surface area (Å²) < 4.78 is 40.3. The molecule has 2 aromatic carbocycles. The number of hydrogen-bond acceptors (Lipinski definition) is 3. The quantitative estimate of drug-likeness (QED) is 0.784. The molecule has 1 amide bonds. The second kappa shape index (κ2) is 8.59. The summed E-state index contributed by atoms with van der Waals surface area (Å²) in [7, 11) is -3.67. The summed E-state index contributed by atoms with van der Waals surface area (Å²) in [5, 5.41) is 2.94. The third-order valence-corrected chi connectivity index (χ3v) is 7.08. The van der Waals surface area contributed by atoms with Gasteiger partial charge in [-0.25, -0.2) is 12.8 Å². The molecule has 1 aliphatic heterocycles. The first kappa shape index (κ1) is 20.8. The van der Waals surface area contributed by atoms with E-state index in [4.69, 9.17) is 11.6 Å². The largest absolute Gasteiger partial charge is 0.345 e. The van der Waals surface area contributed by atoms with Crippen LogP contribution in [0.1, 0.15) is 48.1 Å². The van der Waals surface area contributed by atoms with Crippen LogP contribution in [0, 0.1) is 5.82 Å². The molecule has 1 fully saturated rings. The van der Waals surface area contributed by atoms with Crippen molar-refractivity contribution in [1.29, 1.82) is 0 Å². The number of rotatable bonds is 5. The molecule has 8 heteroatoms. The molecule has 1 N–H and O–H groups in total. The second-order valence-corrected chi connectivity index (χ2v) is 9.20. The number of benzene rings is 2. The normalized spacial score (nSPS) is 16.5. The van der Waals surface area contributed by atoms with E-state index in [0.29, 0.717) is 13.1 Å². The summed E-state index contributed by atoms with van der Waals surface area (Å²) >= 11 is 6.16. The van der Waals surface area contributed by atoms with Gasteiger partial charge in [-0.1, -0.05) is 30.2 Å². The fraction of sp³-hybridized carbons (Fsp3) is 0.350. The molecule has 0 aliphatic carbocycles. The van der Waals surface area contributed by atoms with E-state index in [1.165, 1.54) is 34.6 Å². The number of hydrogen-bond donors (Lipinski definition) is 1. The predicted molar refractivity (Wildman–Crippen MR) is 106 cm³/mol. The van der Waals surface area contributed by atoms with Crippen LogP contribution in [0.4, 0.5) is 4.39 Å². The lowest BCUT2D eigenvalue weighted by Gasteiger charge is -2.26. The Morgan fingerprint density at radius 1 is 1.11 bits per heavy atom. The van der Waals surface area contributed by atoms with E-state index in [2.05, 4.69) is 5.32 Å². The van der Waals surface area contributed by atoms with Crippen LogP contribution in [0.15, 0.2) is 47.4 Å². The highest BCUT2D eigenvalue weighted by atomic mass is 35.5. The highest BCUT2D eigenvalue weighted by Gasteiger charge is 2.27. The van der Waals surface area contributed by atoms with Crippen molar-refractivity contribution in [2.75, 3.05) is 13.1 Å². The van der Waals surface area contributed by atoms with Crippen LogP contribution in [-0.4, -0.2) is 31.7 Å². The Bertz CT molecular complexity index is 958. The Kier molecular flexibility index (Phi) is 6.37. The van der Waals surface area contributed by atoms with Gasteiger partial charge in [0.2, 0.25) is 10.0 Å². The molecule has 0 bridgehead atoms. The van der Waals surface area contributed by atoms with Crippen LogP contribution in [0.25, 0.3) is 0 Å². The number of carbonyl (C=O) groups excluding carboxylic acids is 1. The molecule has 3 rings (SSSR count). The maximum Gasteiger partial charge on any atom is 0.253 e. The molecule has 2 aromatic rings.